The molecule has 0 spiro atoms. The van der Waals surface area contributed by atoms with E-state index in [2.05, 4.69) is 17.6 Å². The first kappa shape index (κ1) is 19.9. The molecule has 2 N–H and O–H groups in total. The van der Waals surface area contributed by atoms with Crippen LogP contribution in [0.2, 0.25) is 5.02 Å². The van der Waals surface area contributed by atoms with Crippen LogP contribution in [0.25, 0.3) is 0 Å². The van der Waals surface area contributed by atoms with E-state index in [0.29, 0.717) is 5.69 Å². The number of anilines is 1. The maximum absolute atomic E-state index is 12.8. The maximum atomic E-state index is 12.8. The average Bonchev–Trinajstić information content (AvgIpc) is 2.64. The van der Waals surface area contributed by atoms with Crippen molar-refractivity contribution in [3.05, 3.63) is 69.2 Å². The summed E-state index contributed by atoms with van der Waals surface area (Å²) in [5.74, 6) is -0.261. The van der Waals surface area contributed by atoms with Gasteiger partial charge in [0.15, 0.2) is 0 Å². The largest absolute Gasteiger partial charge is 0.323 e. The second-order valence-electron chi connectivity index (χ2n) is 5.92. The lowest BCUT2D eigenvalue weighted by Crippen LogP contribution is -2.33. The van der Waals surface area contributed by atoms with E-state index < -0.39 is 11.0 Å². The van der Waals surface area contributed by atoms with Crippen molar-refractivity contribution in [1.29, 1.82) is 0 Å². The van der Waals surface area contributed by atoms with Crippen LogP contribution in [-0.4, -0.2) is 17.4 Å². The molecule has 0 aromatic heterocycles. The van der Waals surface area contributed by atoms with E-state index in [1.807, 2.05) is 30.3 Å². The molecule has 0 fully saturated rings. The smallest absolute Gasteiger partial charge is 0.271 e. The Morgan fingerprint density at radius 3 is 2.54 bits per heavy atom. The highest BCUT2D eigenvalue weighted by Gasteiger charge is 2.21. The van der Waals surface area contributed by atoms with Crippen molar-refractivity contribution >= 4 is 28.9 Å². The van der Waals surface area contributed by atoms with Crippen molar-refractivity contribution in [2.75, 3.05) is 11.9 Å². The molecule has 2 aromatic rings. The molecule has 0 aliphatic carbocycles. The van der Waals surface area contributed by atoms with Gasteiger partial charge in [-0.3, -0.25) is 14.9 Å². The predicted molar refractivity (Wildman–Crippen MR) is 103 cm³/mol. The van der Waals surface area contributed by atoms with Gasteiger partial charge in [-0.1, -0.05) is 61.7 Å². The van der Waals surface area contributed by atoms with Crippen molar-refractivity contribution in [1.82, 2.24) is 5.32 Å². The first-order valence-corrected chi connectivity index (χ1v) is 8.94. The fourth-order valence-corrected chi connectivity index (χ4v) is 2.77. The minimum Gasteiger partial charge on any atom is -0.323 e. The van der Waals surface area contributed by atoms with E-state index in [9.17, 15) is 14.9 Å². The summed E-state index contributed by atoms with van der Waals surface area (Å²) in [7, 11) is 0. The van der Waals surface area contributed by atoms with Gasteiger partial charge >= 0.3 is 0 Å². The number of nitro groups is 1. The van der Waals surface area contributed by atoms with Gasteiger partial charge in [-0.05, 0) is 24.6 Å². The number of hydrogen-bond donors (Lipinski definition) is 2. The summed E-state index contributed by atoms with van der Waals surface area (Å²) in [4.78, 5) is 23.1. The van der Waals surface area contributed by atoms with Crippen LogP contribution in [0.5, 0.6) is 0 Å². The van der Waals surface area contributed by atoms with Crippen LogP contribution in [0.3, 0.4) is 0 Å². The third kappa shape index (κ3) is 5.54. The Hall–Kier alpha value is -2.44. The zero-order chi connectivity index (χ0) is 18.9. The number of hydrogen-bond acceptors (Lipinski definition) is 4. The number of halogens is 1. The summed E-state index contributed by atoms with van der Waals surface area (Å²) in [6.45, 7) is 2.84. The molecule has 0 saturated heterocycles. The van der Waals surface area contributed by atoms with Gasteiger partial charge in [0.25, 0.3) is 5.69 Å². The van der Waals surface area contributed by atoms with Crippen molar-refractivity contribution in [3.63, 3.8) is 0 Å². The van der Waals surface area contributed by atoms with Crippen molar-refractivity contribution in [3.8, 4) is 0 Å². The Bertz CT molecular complexity index is 753. The molecule has 0 radical (unpaired) electrons. The monoisotopic (exact) mass is 375 g/mol. The molecule has 138 valence electrons. The molecule has 26 heavy (non-hydrogen) atoms. The van der Waals surface area contributed by atoms with E-state index in [-0.39, 0.29) is 16.6 Å². The highest BCUT2D eigenvalue weighted by molar-refractivity contribution is 6.34. The fraction of sp³-hybridized carbons (Fsp3) is 0.316. The second-order valence-corrected chi connectivity index (χ2v) is 6.32. The Morgan fingerprint density at radius 2 is 1.92 bits per heavy atom. The molecule has 0 heterocycles. The molecule has 2 rings (SSSR count). The molecule has 0 saturated carbocycles. The Morgan fingerprint density at radius 1 is 1.19 bits per heavy atom. The van der Waals surface area contributed by atoms with Crippen LogP contribution in [0, 0.1) is 10.1 Å². The lowest BCUT2D eigenvalue weighted by molar-refractivity contribution is -0.384. The van der Waals surface area contributed by atoms with Crippen LogP contribution in [0.15, 0.2) is 48.5 Å². The normalized spacial score (nSPS) is 11.8. The number of non-ortho nitro benzene ring substituents is 1. The third-order valence-corrected chi connectivity index (χ3v) is 4.26. The zero-order valence-electron chi connectivity index (χ0n) is 14.6. The highest BCUT2D eigenvalue weighted by atomic mass is 35.5. The van der Waals surface area contributed by atoms with E-state index in [0.717, 1.165) is 31.4 Å². The van der Waals surface area contributed by atoms with Crippen molar-refractivity contribution in [2.24, 2.45) is 0 Å². The molecular formula is C19H22ClN3O3. The first-order valence-electron chi connectivity index (χ1n) is 8.56. The molecule has 7 heteroatoms. The maximum Gasteiger partial charge on any atom is 0.271 e. The lowest BCUT2D eigenvalue weighted by atomic mass is 10.1. The van der Waals surface area contributed by atoms with Crippen LogP contribution in [0.4, 0.5) is 11.4 Å². The number of benzene rings is 2. The van der Waals surface area contributed by atoms with Gasteiger partial charge in [0.2, 0.25) is 5.91 Å². The molecule has 1 amide bonds. The number of rotatable bonds is 9. The standard InChI is InChI=1S/C19H22ClN3O3/c1-2-3-7-12-21-18(14-8-5-4-6-9-14)19(24)22-17-11-10-15(23(25)26)13-16(17)20/h4-6,8-11,13,18,21H,2-3,7,12H2,1H3,(H,22,24). The van der Waals surface area contributed by atoms with Crippen molar-refractivity contribution < 1.29 is 9.72 Å². The van der Waals surface area contributed by atoms with Gasteiger partial charge in [0.1, 0.15) is 6.04 Å². The minimum absolute atomic E-state index is 0.120. The van der Waals surface area contributed by atoms with E-state index in [1.165, 1.54) is 18.2 Å². The van der Waals surface area contributed by atoms with Crippen LogP contribution in [-0.2, 0) is 4.79 Å². The zero-order valence-corrected chi connectivity index (χ0v) is 15.3. The molecule has 6 nitrogen and oxygen atoms in total. The summed E-state index contributed by atoms with van der Waals surface area (Å²) >= 11 is 6.07. The molecule has 0 aliphatic rings. The fourth-order valence-electron chi connectivity index (χ4n) is 2.55. The van der Waals surface area contributed by atoms with E-state index in [1.54, 1.807) is 0 Å². The summed E-state index contributed by atoms with van der Waals surface area (Å²) in [6, 6.07) is 12.9. The van der Waals surface area contributed by atoms with E-state index in [4.69, 9.17) is 11.6 Å². The van der Waals surface area contributed by atoms with Gasteiger partial charge in [0, 0.05) is 12.1 Å². The third-order valence-electron chi connectivity index (χ3n) is 3.95. The minimum atomic E-state index is -0.528. The van der Waals surface area contributed by atoms with Gasteiger partial charge < -0.3 is 10.6 Å². The second kappa shape index (κ2) is 9.89. The first-order chi connectivity index (χ1) is 12.5. The van der Waals surface area contributed by atoms with Gasteiger partial charge in [-0.15, -0.1) is 0 Å². The van der Waals surface area contributed by atoms with Crippen LogP contribution < -0.4 is 10.6 Å². The quantitative estimate of drug-likeness (QED) is 0.377. The van der Waals surface area contributed by atoms with Gasteiger partial charge in [0.05, 0.1) is 15.6 Å². The predicted octanol–water partition coefficient (Wildman–Crippen LogP) is 4.71. The molecule has 0 aliphatic heterocycles. The topological polar surface area (TPSA) is 84.3 Å². The van der Waals surface area contributed by atoms with Crippen molar-refractivity contribution in [2.45, 2.75) is 32.2 Å². The van der Waals surface area contributed by atoms with Crippen LogP contribution >= 0.6 is 11.6 Å². The summed E-state index contributed by atoms with van der Waals surface area (Å²) < 4.78 is 0. The number of nitro benzene ring substituents is 1. The molecule has 2 aromatic carbocycles. The lowest BCUT2D eigenvalue weighted by Gasteiger charge is -2.19. The number of nitrogens with one attached hydrogen (secondary N) is 2. The highest BCUT2D eigenvalue weighted by Crippen LogP contribution is 2.27. The SMILES string of the molecule is CCCCCNC(C(=O)Nc1ccc([N+](=O)[O-])cc1Cl)c1ccccc1. The number of unbranched alkanes of at least 4 members (excludes halogenated alkanes) is 2. The summed E-state index contributed by atoms with van der Waals surface area (Å²) in [6.07, 6.45) is 3.16. The number of carbonyl (C=O) groups excluding carboxylic acids is 1. The molecule has 0 bridgehead atoms. The number of carbonyl (C=O) groups is 1. The Labute approximate surface area is 157 Å². The van der Waals surface area contributed by atoms with Crippen LogP contribution in [0.1, 0.15) is 37.8 Å². The number of nitrogens with zero attached hydrogens (tertiary/aromatic N) is 1. The Kier molecular flexibility index (Phi) is 7.56. The molecule has 1 atom stereocenters. The average molecular weight is 376 g/mol. The molecular weight excluding hydrogens is 354 g/mol. The van der Waals surface area contributed by atoms with Gasteiger partial charge in [-0.2, -0.15) is 0 Å². The summed E-state index contributed by atoms with van der Waals surface area (Å²) in [5.41, 5.74) is 1.07. The Balaban J connectivity index is 2.14. The summed E-state index contributed by atoms with van der Waals surface area (Å²) in [5, 5.41) is 17.0. The van der Waals surface area contributed by atoms with Gasteiger partial charge in [-0.25, -0.2) is 0 Å². The number of amides is 1. The molecule has 1 unspecified atom stereocenters. The van der Waals surface area contributed by atoms with E-state index >= 15 is 0 Å².